The average molecular weight is 272 g/mol. The minimum Gasteiger partial charge on any atom is -0.459 e. The van der Waals surface area contributed by atoms with Crippen LogP contribution < -0.4 is 5.32 Å². The Kier molecular flexibility index (Phi) is 4.08. The average Bonchev–Trinajstić information content (AvgIpc) is 2.91. The summed E-state index contributed by atoms with van der Waals surface area (Å²) in [5.74, 6) is 1.09. The maximum Gasteiger partial charge on any atom is 0.134 e. The minimum absolute atomic E-state index is 0.348. The standard InChI is InChI=1S/C17H24N2O/c1-13(19-10-6-5-8-15(19)12-18-2)17-11-14-7-3-4-9-16(14)20-17/h3-4,7,9,11,13,15,18H,5-6,8,10,12H2,1-2H3. The van der Waals surface area contributed by atoms with Gasteiger partial charge in [-0.2, -0.15) is 0 Å². The largest absolute Gasteiger partial charge is 0.459 e. The second-order valence-electron chi connectivity index (χ2n) is 5.81. The van der Waals surface area contributed by atoms with Crippen molar-refractivity contribution < 1.29 is 4.42 Å². The Bertz CT molecular complexity index is 528. The van der Waals surface area contributed by atoms with E-state index in [0.717, 1.165) is 17.9 Å². The van der Waals surface area contributed by atoms with Crippen molar-refractivity contribution in [2.45, 2.75) is 38.3 Å². The molecular weight excluding hydrogens is 248 g/mol. The number of nitrogens with zero attached hydrogens (tertiary/aromatic N) is 1. The maximum atomic E-state index is 6.05. The van der Waals surface area contributed by atoms with Crippen LogP contribution in [0.25, 0.3) is 11.0 Å². The maximum absolute atomic E-state index is 6.05. The van der Waals surface area contributed by atoms with E-state index in [1.165, 1.54) is 31.2 Å². The van der Waals surface area contributed by atoms with Gasteiger partial charge in [-0.1, -0.05) is 24.6 Å². The van der Waals surface area contributed by atoms with E-state index in [1.54, 1.807) is 0 Å². The van der Waals surface area contributed by atoms with E-state index in [1.807, 2.05) is 19.2 Å². The molecule has 2 heterocycles. The van der Waals surface area contributed by atoms with Crippen LogP contribution in [0.4, 0.5) is 0 Å². The lowest BCUT2D eigenvalue weighted by Gasteiger charge is -2.39. The number of furan rings is 1. The summed E-state index contributed by atoms with van der Waals surface area (Å²) < 4.78 is 6.05. The van der Waals surface area contributed by atoms with Gasteiger partial charge in [0.05, 0.1) is 6.04 Å². The summed E-state index contributed by atoms with van der Waals surface area (Å²) >= 11 is 0. The molecule has 1 aliphatic rings. The fourth-order valence-corrected chi connectivity index (χ4v) is 3.36. The molecule has 1 aromatic heterocycles. The number of likely N-dealkylation sites (N-methyl/N-ethyl adjacent to an activating group) is 1. The Labute approximate surface area is 120 Å². The molecule has 1 saturated heterocycles. The molecule has 0 spiro atoms. The SMILES string of the molecule is CNCC1CCCCN1C(C)c1cc2ccccc2o1. The van der Waals surface area contributed by atoms with Gasteiger partial charge >= 0.3 is 0 Å². The third-order valence-corrected chi connectivity index (χ3v) is 4.47. The smallest absolute Gasteiger partial charge is 0.134 e. The number of piperidine rings is 1. The molecule has 0 saturated carbocycles. The van der Waals surface area contributed by atoms with Gasteiger partial charge in [0.1, 0.15) is 11.3 Å². The first kappa shape index (κ1) is 13.7. The third kappa shape index (κ3) is 2.60. The highest BCUT2D eigenvalue weighted by molar-refractivity contribution is 5.77. The highest BCUT2D eigenvalue weighted by Gasteiger charge is 2.28. The molecule has 108 valence electrons. The van der Waals surface area contributed by atoms with Gasteiger partial charge in [0.15, 0.2) is 0 Å². The fourth-order valence-electron chi connectivity index (χ4n) is 3.36. The van der Waals surface area contributed by atoms with Crippen molar-refractivity contribution in [3.63, 3.8) is 0 Å². The zero-order chi connectivity index (χ0) is 13.9. The number of fused-ring (bicyclic) bond motifs is 1. The van der Waals surface area contributed by atoms with Crippen molar-refractivity contribution in [1.29, 1.82) is 0 Å². The van der Waals surface area contributed by atoms with Gasteiger partial charge in [-0.25, -0.2) is 0 Å². The first-order valence-corrected chi connectivity index (χ1v) is 7.68. The lowest BCUT2D eigenvalue weighted by atomic mass is 9.99. The summed E-state index contributed by atoms with van der Waals surface area (Å²) in [5, 5.41) is 4.53. The van der Waals surface area contributed by atoms with Crippen molar-refractivity contribution in [1.82, 2.24) is 10.2 Å². The second kappa shape index (κ2) is 5.98. The lowest BCUT2D eigenvalue weighted by Crippen LogP contribution is -2.45. The van der Waals surface area contributed by atoms with Crippen molar-refractivity contribution >= 4 is 11.0 Å². The Morgan fingerprint density at radius 1 is 1.35 bits per heavy atom. The molecule has 0 amide bonds. The molecule has 1 aromatic carbocycles. The van der Waals surface area contributed by atoms with Crippen molar-refractivity contribution in [2.75, 3.05) is 20.1 Å². The molecule has 2 atom stereocenters. The molecule has 3 heteroatoms. The van der Waals surface area contributed by atoms with Gasteiger partial charge in [0, 0.05) is 18.0 Å². The van der Waals surface area contributed by atoms with Crippen LogP contribution in [0.5, 0.6) is 0 Å². The molecule has 20 heavy (non-hydrogen) atoms. The Morgan fingerprint density at radius 3 is 3.00 bits per heavy atom. The highest BCUT2D eigenvalue weighted by atomic mass is 16.3. The molecule has 2 unspecified atom stereocenters. The highest BCUT2D eigenvalue weighted by Crippen LogP contribution is 2.31. The monoisotopic (exact) mass is 272 g/mol. The van der Waals surface area contributed by atoms with E-state index in [4.69, 9.17) is 4.42 Å². The minimum atomic E-state index is 0.348. The molecular formula is C17H24N2O. The molecule has 0 bridgehead atoms. The van der Waals surface area contributed by atoms with Gasteiger partial charge in [-0.15, -0.1) is 0 Å². The number of hydrogen-bond acceptors (Lipinski definition) is 3. The number of likely N-dealkylation sites (tertiary alicyclic amines) is 1. The zero-order valence-electron chi connectivity index (χ0n) is 12.4. The molecule has 3 nitrogen and oxygen atoms in total. The second-order valence-corrected chi connectivity index (χ2v) is 5.81. The number of nitrogens with one attached hydrogen (secondary N) is 1. The third-order valence-electron chi connectivity index (χ3n) is 4.47. The van der Waals surface area contributed by atoms with Crippen LogP contribution in [-0.2, 0) is 0 Å². The van der Waals surface area contributed by atoms with Crippen molar-refractivity contribution in [2.24, 2.45) is 0 Å². The molecule has 3 rings (SSSR count). The fraction of sp³-hybridized carbons (Fsp3) is 0.529. The first-order valence-electron chi connectivity index (χ1n) is 7.68. The Morgan fingerprint density at radius 2 is 2.20 bits per heavy atom. The molecule has 0 radical (unpaired) electrons. The van der Waals surface area contributed by atoms with Crippen LogP contribution in [0, 0.1) is 0 Å². The van der Waals surface area contributed by atoms with E-state index in [-0.39, 0.29) is 0 Å². The molecule has 1 fully saturated rings. The summed E-state index contributed by atoms with van der Waals surface area (Å²) in [6.07, 6.45) is 3.92. The quantitative estimate of drug-likeness (QED) is 0.922. The first-order chi connectivity index (χ1) is 9.79. The predicted octanol–water partition coefficient (Wildman–Crippen LogP) is 3.57. The van der Waals surface area contributed by atoms with Gasteiger partial charge in [-0.3, -0.25) is 4.90 Å². The predicted molar refractivity (Wildman–Crippen MR) is 82.9 cm³/mol. The number of hydrogen-bond donors (Lipinski definition) is 1. The summed E-state index contributed by atoms with van der Waals surface area (Å²) in [5.41, 5.74) is 0.997. The Balaban J connectivity index is 1.84. The molecule has 1 N–H and O–H groups in total. The van der Waals surface area contributed by atoms with Crippen LogP contribution in [0.2, 0.25) is 0 Å². The van der Waals surface area contributed by atoms with E-state index < -0.39 is 0 Å². The van der Waals surface area contributed by atoms with Crippen molar-refractivity contribution in [3.8, 4) is 0 Å². The number of benzene rings is 1. The van der Waals surface area contributed by atoms with Gasteiger partial charge in [-0.05, 0) is 45.5 Å². The van der Waals surface area contributed by atoms with Crippen molar-refractivity contribution in [3.05, 3.63) is 36.1 Å². The van der Waals surface area contributed by atoms with E-state index in [0.29, 0.717) is 12.1 Å². The zero-order valence-corrected chi connectivity index (χ0v) is 12.4. The van der Waals surface area contributed by atoms with E-state index >= 15 is 0 Å². The van der Waals surface area contributed by atoms with E-state index in [9.17, 15) is 0 Å². The summed E-state index contributed by atoms with van der Waals surface area (Å²) in [6.45, 7) is 4.50. The molecule has 0 aliphatic carbocycles. The lowest BCUT2D eigenvalue weighted by molar-refractivity contribution is 0.0925. The van der Waals surface area contributed by atoms with E-state index in [2.05, 4.69) is 35.3 Å². The van der Waals surface area contributed by atoms with Crippen LogP contribution in [-0.4, -0.2) is 31.1 Å². The van der Waals surface area contributed by atoms with Gasteiger partial charge < -0.3 is 9.73 Å². The normalized spacial score (nSPS) is 22.2. The Hall–Kier alpha value is -1.32. The molecule has 2 aromatic rings. The van der Waals surface area contributed by atoms with Crippen LogP contribution in [0.3, 0.4) is 0 Å². The number of rotatable bonds is 4. The summed E-state index contributed by atoms with van der Waals surface area (Å²) in [7, 11) is 2.04. The van der Waals surface area contributed by atoms with Gasteiger partial charge in [0.25, 0.3) is 0 Å². The van der Waals surface area contributed by atoms with Crippen LogP contribution in [0.1, 0.15) is 38.0 Å². The van der Waals surface area contributed by atoms with Gasteiger partial charge in [0.2, 0.25) is 0 Å². The van der Waals surface area contributed by atoms with Crippen LogP contribution >= 0.6 is 0 Å². The number of para-hydroxylation sites is 1. The summed E-state index contributed by atoms with van der Waals surface area (Å²) in [4.78, 5) is 2.59. The van der Waals surface area contributed by atoms with Crippen LogP contribution in [0.15, 0.2) is 34.7 Å². The molecule has 1 aliphatic heterocycles. The topological polar surface area (TPSA) is 28.4 Å². The summed E-state index contributed by atoms with van der Waals surface area (Å²) in [6, 6.07) is 11.4.